The van der Waals surface area contributed by atoms with E-state index < -0.39 is 5.60 Å². The van der Waals surface area contributed by atoms with Gasteiger partial charge in [-0.15, -0.1) is 0 Å². The van der Waals surface area contributed by atoms with Gasteiger partial charge in [0, 0.05) is 18.5 Å². The summed E-state index contributed by atoms with van der Waals surface area (Å²) in [6, 6.07) is 25.8. The van der Waals surface area contributed by atoms with Gasteiger partial charge >= 0.3 is 5.97 Å². The molecule has 43 heavy (non-hydrogen) atoms. The fraction of sp³-hybridized carbons (Fsp3) is 0.389. The Hall–Kier alpha value is -4.10. The van der Waals surface area contributed by atoms with Gasteiger partial charge in [0.25, 0.3) is 0 Å². The molecule has 7 nitrogen and oxygen atoms in total. The first-order valence-electron chi connectivity index (χ1n) is 15.2. The number of hydrogen-bond acceptors (Lipinski definition) is 7. The average molecular weight is 585 g/mol. The van der Waals surface area contributed by atoms with E-state index in [1.807, 2.05) is 56.3 Å². The maximum atomic E-state index is 12.8. The minimum absolute atomic E-state index is 0.184. The molecule has 3 aromatic carbocycles. The summed E-state index contributed by atoms with van der Waals surface area (Å²) >= 11 is 0. The molecule has 0 aliphatic carbocycles. The van der Waals surface area contributed by atoms with Crippen LogP contribution in [0.5, 0.6) is 11.5 Å². The summed E-state index contributed by atoms with van der Waals surface area (Å²) in [5.41, 5.74) is 3.01. The quantitative estimate of drug-likeness (QED) is 0.132. The summed E-state index contributed by atoms with van der Waals surface area (Å²) in [6.45, 7) is 14.9. The van der Waals surface area contributed by atoms with Crippen LogP contribution in [0.2, 0.25) is 0 Å². The molecule has 0 saturated carbocycles. The lowest BCUT2D eigenvalue weighted by atomic mass is 10.0. The van der Waals surface area contributed by atoms with Crippen molar-refractivity contribution in [2.45, 2.75) is 66.1 Å². The van der Waals surface area contributed by atoms with Crippen LogP contribution in [0.3, 0.4) is 0 Å². The van der Waals surface area contributed by atoms with E-state index in [0.29, 0.717) is 30.4 Å². The van der Waals surface area contributed by atoms with Gasteiger partial charge in [-0.2, -0.15) is 0 Å². The number of nitrogens with zero attached hydrogens (tertiary/aromatic N) is 2. The Balaban J connectivity index is 1.25. The van der Waals surface area contributed by atoms with Crippen LogP contribution in [0, 0.1) is 6.92 Å². The number of carbonyl (C=O) groups excluding carboxylic acids is 1. The molecule has 0 aliphatic rings. The van der Waals surface area contributed by atoms with Crippen molar-refractivity contribution in [2.24, 2.45) is 0 Å². The number of aryl methyl sites for hydroxylation is 1. The van der Waals surface area contributed by atoms with Crippen molar-refractivity contribution in [1.82, 2.24) is 9.88 Å². The molecule has 0 fully saturated rings. The zero-order valence-electron chi connectivity index (χ0n) is 26.3. The van der Waals surface area contributed by atoms with E-state index in [2.05, 4.69) is 43.0 Å². The van der Waals surface area contributed by atoms with Gasteiger partial charge in [0.1, 0.15) is 23.4 Å². The van der Waals surface area contributed by atoms with Gasteiger partial charge in [0.2, 0.25) is 5.89 Å². The maximum Gasteiger partial charge on any atom is 0.350 e. The van der Waals surface area contributed by atoms with E-state index in [1.54, 1.807) is 26.0 Å². The minimum atomic E-state index is -1.12. The first-order chi connectivity index (χ1) is 20.7. The van der Waals surface area contributed by atoms with Crippen LogP contribution in [-0.2, 0) is 16.0 Å². The third kappa shape index (κ3) is 8.94. The fourth-order valence-corrected chi connectivity index (χ4v) is 4.71. The summed E-state index contributed by atoms with van der Waals surface area (Å²) < 4.78 is 23.6. The van der Waals surface area contributed by atoms with Crippen LogP contribution in [0.1, 0.15) is 52.5 Å². The Kier molecular flexibility index (Phi) is 11.0. The lowest BCUT2D eigenvalue weighted by molar-refractivity contribution is -0.164. The SMILES string of the molecule is CCN(CC)CCC(C)OC(=O)C(C)(C)Oc1ccc(OCCc2nc(-c3ccc(-c4ccccc4)cc3)oc2C)cc1. The summed E-state index contributed by atoms with van der Waals surface area (Å²) in [5, 5.41) is 0. The molecule has 1 heterocycles. The van der Waals surface area contributed by atoms with E-state index in [1.165, 1.54) is 5.56 Å². The Morgan fingerprint density at radius 2 is 1.49 bits per heavy atom. The highest BCUT2D eigenvalue weighted by Gasteiger charge is 2.33. The number of hydrogen-bond donors (Lipinski definition) is 0. The van der Waals surface area contributed by atoms with Crippen LogP contribution in [0.4, 0.5) is 0 Å². The number of benzene rings is 3. The zero-order chi connectivity index (χ0) is 30.8. The van der Waals surface area contributed by atoms with Gasteiger partial charge in [0.15, 0.2) is 5.60 Å². The number of aromatic nitrogens is 1. The molecule has 1 unspecified atom stereocenters. The van der Waals surface area contributed by atoms with Crippen molar-refractivity contribution in [2.75, 3.05) is 26.2 Å². The second-order valence-corrected chi connectivity index (χ2v) is 11.2. The first kappa shape index (κ1) is 31.8. The zero-order valence-corrected chi connectivity index (χ0v) is 26.3. The van der Waals surface area contributed by atoms with Crippen LogP contribution >= 0.6 is 0 Å². The molecule has 0 saturated heterocycles. The Labute approximate surface area is 255 Å². The van der Waals surface area contributed by atoms with Gasteiger partial charge in [-0.05, 0) is 94.7 Å². The van der Waals surface area contributed by atoms with Crippen LogP contribution < -0.4 is 9.47 Å². The standard InChI is InChI=1S/C36H44N2O5/c1-7-38(8-2)24-22-26(3)41-35(39)36(5,6)43-32-20-18-31(19-21-32)40-25-23-33-27(4)42-34(37-33)30-16-14-29(15-17-30)28-12-10-9-11-13-28/h9-21,26H,7-8,22-25H2,1-6H3. The molecular weight excluding hydrogens is 540 g/mol. The lowest BCUT2D eigenvalue weighted by Crippen LogP contribution is -2.41. The van der Waals surface area contributed by atoms with Gasteiger partial charge in [-0.1, -0.05) is 56.3 Å². The third-order valence-electron chi connectivity index (χ3n) is 7.48. The molecule has 7 heteroatoms. The molecule has 0 N–H and O–H groups in total. The molecule has 4 rings (SSSR count). The van der Waals surface area contributed by atoms with E-state index in [0.717, 1.165) is 48.6 Å². The molecule has 0 radical (unpaired) electrons. The second kappa shape index (κ2) is 14.9. The van der Waals surface area contributed by atoms with Crippen LogP contribution in [-0.4, -0.2) is 53.8 Å². The van der Waals surface area contributed by atoms with E-state index in [9.17, 15) is 4.79 Å². The summed E-state index contributed by atoms with van der Waals surface area (Å²) in [4.78, 5) is 19.8. The Bertz CT molecular complexity index is 1430. The van der Waals surface area contributed by atoms with E-state index >= 15 is 0 Å². The second-order valence-electron chi connectivity index (χ2n) is 11.2. The van der Waals surface area contributed by atoms with Crippen molar-refractivity contribution >= 4 is 5.97 Å². The van der Waals surface area contributed by atoms with Crippen molar-refractivity contribution < 1.29 is 23.4 Å². The van der Waals surface area contributed by atoms with Crippen molar-refractivity contribution in [1.29, 1.82) is 0 Å². The number of ether oxygens (including phenoxy) is 3. The largest absolute Gasteiger partial charge is 0.493 e. The molecule has 4 aromatic rings. The Morgan fingerprint density at radius 1 is 0.884 bits per heavy atom. The number of carbonyl (C=O) groups is 1. The van der Waals surface area contributed by atoms with E-state index in [-0.39, 0.29) is 12.1 Å². The van der Waals surface area contributed by atoms with Gasteiger partial charge in [-0.3, -0.25) is 0 Å². The molecule has 0 aliphatic heterocycles. The molecule has 0 bridgehead atoms. The fourth-order valence-electron chi connectivity index (χ4n) is 4.71. The van der Waals surface area contributed by atoms with Gasteiger partial charge < -0.3 is 23.5 Å². The smallest absolute Gasteiger partial charge is 0.350 e. The molecular formula is C36H44N2O5. The van der Waals surface area contributed by atoms with Crippen LogP contribution in [0.25, 0.3) is 22.6 Å². The van der Waals surface area contributed by atoms with Crippen molar-refractivity contribution in [3.8, 4) is 34.1 Å². The van der Waals surface area contributed by atoms with Crippen molar-refractivity contribution in [3.05, 3.63) is 90.3 Å². The van der Waals surface area contributed by atoms with Crippen molar-refractivity contribution in [3.63, 3.8) is 0 Å². The predicted octanol–water partition coefficient (Wildman–Crippen LogP) is 7.76. The molecule has 0 spiro atoms. The maximum absolute atomic E-state index is 12.8. The third-order valence-corrected chi connectivity index (χ3v) is 7.48. The molecule has 1 aromatic heterocycles. The summed E-state index contributed by atoms with van der Waals surface area (Å²) in [5.74, 6) is 2.28. The Morgan fingerprint density at radius 3 is 2.14 bits per heavy atom. The highest BCUT2D eigenvalue weighted by atomic mass is 16.6. The normalized spacial score (nSPS) is 12.3. The van der Waals surface area contributed by atoms with Gasteiger partial charge in [0.05, 0.1) is 12.3 Å². The number of esters is 1. The highest BCUT2D eigenvalue weighted by Crippen LogP contribution is 2.27. The lowest BCUT2D eigenvalue weighted by Gasteiger charge is -2.27. The topological polar surface area (TPSA) is 74.0 Å². The number of rotatable bonds is 15. The molecule has 228 valence electrons. The predicted molar refractivity (Wildman–Crippen MR) is 170 cm³/mol. The van der Waals surface area contributed by atoms with Crippen LogP contribution in [0.15, 0.2) is 83.3 Å². The first-order valence-corrected chi connectivity index (χ1v) is 15.2. The monoisotopic (exact) mass is 584 g/mol. The summed E-state index contributed by atoms with van der Waals surface area (Å²) in [7, 11) is 0. The summed E-state index contributed by atoms with van der Waals surface area (Å²) in [6.07, 6.45) is 1.21. The average Bonchev–Trinajstić information content (AvgIpc) is 3.39. The minimum Gasteiger partial charge on any atom is -0.493 e. The molecule has 0 amide bonds. The molecule has 1 atom stereocenters. The van der Waals surface area contributed by atoms with E-state index in [4.69, 9.17) is 23.6 Å². The highest BCUT2D eigenvalue weighted by molar-refractivity contribution is 5.79. The van der Waals surface area contributed by atoms with Gasteiger partial charge in [-0.25, -0.2) is 9.78 Å². The number of oxazole rings is 1.